The second-order valence-electron chi connectivity index (χ2n) is 9.06. The van der Waals surface area contributed by atoms with Gasteiger partial charge in [0.1, 0.15) is 0 Å². The monoisotopic (exact) mass is 306 g/mol. The molecular weight excluding hydrogens is 276 g/mol. The van der Waals surface area contributed by atoms with E-state index >= 15 is 0 Å². The second-order valence-corrected chi connectivity index (χ2v) is 9.06. The zero-order valence-electron chi connectivity index (χ0n) is 13.9. The van der Waals surface area contributed by atoms with E-state index < -0.39 is 11.6 Å². The Hall–Kier alpha value is -0.610. The molecule has 4 aliphatic carbocycles. The van der Waals surface area contributed by atoms with Gasteiger partial charge in [0.15, 0.2) is 0 Å². The molecule has 0 aromatic rings. The van der Waals surface area contributed by atoms with E-state index in [0.29, 0.717) is 23.8 Å². The minimum absolute atomic E-state index is 0.137. The molecule has 0 aromatic heterocycles. The fourth-order valence-corrected chi connectivity index (χ4v) is 6.49. The van der Waals surface area contributed by atoms with Gasteiger partial charge in [-0.25, -0.2) is 0 Å². The van der Waals surface area contributed by atoms with Gasteiger partial charge >= 0.3 is 0 Å². The molecule has 5 rings (SSSR count). The van der Waals surface area contributed by atoms with Crippen LogP contribution in [0.2, 0.25) is 0 Å². The minimum Gasteiger partial charge on any atom is -0.390 e. The van der Waals surface area contributed by atoms with Crippen molar-refractivity contribution < 1.29 is 9.90 Å². The number of rotatable bonds is 2. The van der Waals surface area contributed by atoms with E-state index in [2.05, 4.69) is 13.8 Å². The van der Waals surface area contributed by atoms with Crippen molar-refractivity contribution in [3.63, 3.8) is 0 Å². The summed E-state index contributed by atoms with van der Waals surface area (Å²) in [4.78, 5) is 15.1. The van der Waals surface area contributed by atoms with Gasteiger partial charge in [-0.2, -0.15) is 0 Å². The SMILES string of the molecule is C[C@H]1CCN(C(=O)C(N)C23CC4CC(CC(O)(C4)C2)C3)[C@H]1C. The summed E-state index contributed by atoms with van der Waals surface area (Å²) in [6.45, 7) is 5.22. The van der Waals surface area contributed by atoms with Crippen LogP contribution >= 0.6 is 0 Å². The first kappa shape index (κ1) is 14.9. The number of nitrogens with zero attached hydrogens (tertiary/aromatic N) is 1. The van der Waals surface area contributed by atoms with Crippen LogP contribution in [0.1, 0.15) is 58.8 Å². The second kappa shape index (κ2) is 4.70. The Morgan fingerprint density at radius 3 is 2.36 bits per heavy atom. The quantitative estimate of drug-likeness (QED) is 0.819. The highest BCUT2D eigenvalue weighted by molar-refractivity contribution is 5.83. The Labute approximate surface area is 133 Å². The zero-order valence-corrected chi connectivity index (χ0v) is 13.9. The highest BCUT2D eigenvalue weighted by Gasteiger charge is 2.60. The maximum Gasteiger partial charge on any atom is 0.240 e. The number of aliphatic hydroxyl groups is 1. The number of carbonyl (C=O) groups excluding carboxylic acids is 1. The Balaban J connectivity index is 1.57. The third-order valence-electron chi connectivity index (χ3n) is 7.42. The molecule has 5 fully saturated rings. The van der Waals surface area contributed by atoms with Gasteiger partial charge in [0.25, 0.3) is 0 Å². The van der Waals surface area contributed by atoms with Gasteiger partial charge in [0.2, 0.25) is 5.91 Å². The summed E-state index contributed by atoms with van der Waals surface area (Å²) in [5.74, 6) is 1.87. The normalized spacial score (nSPS) is 51.4. The van der Waals surface area contributed by atoms with E-state index in [1.54, 1.807) is 0 Å². The zero-order chi connectivity index (χ0) is 15.7. The Kier molecular flexibility index (Phi) is 3.19. The Bertz CT molecular complexity index is 477. The van der Waals surface area contributed by atoms with Crippen LogP contribution in [0.25, 0.3) is 0 Å². The summed E-state index contributed by atoms with van der Waals surface area (Å²) in [5.41, 5.74) is 5.89. The lowest BCUT2D eigenvalue weighted by Gasteiger charge is -2.61. The molecule has 0 spiro atoms. The molecule has 124 valence electrons. The molecule has 0 aromatic carbocycles. The van der Waals surface area contributed by atoms with Crippen LogP contribution in [0.5, 0.6) is 0 Å². The molecule has 1 saturated heterocycles. The fourth-order valence-electron chi connectivity index (χ4n) is 6.49. The van der Waals surface area contributed by atoms with Gasteiger partial charge < -0.3 is 15.7 Å². The molecule has 5 atom stereocenters. The average molecular weight is 306 g/mol. The van der Waals surface area contributed by atoms with Crippen molar-refractivity contribution >= 4 is 5.91 Å². The first-order chi connectivity index (χ1) is 10.3. The summed E-state index contributed by atoms with van der Waals surface area (Å²) < 4.78 is 0. The van der Waals surface area contributed by atoms with Crippen molar-refractivity contribution in [2.45, 2.75) is 76.5 Å². The molecule has 22 heavy (non-hydrogen) atoms. The largest absolute Gasteiger partial charge is 0.390 e. The molecule has 4 heteroatoms. The smallest absolute Gasteiger partial charge is 0.240 e. The molecular formula is C18H30N2O2. The average Bonchev–Trinajstić information content (AvgIpc) is 2.75. The first-order valence-corrected chi connectivity index (χ1v) is 9.10. The van der Waals surface area contributed by atoms with Gasteiger partial charge in [-0.05, 0) is 75.0 Å². The lowest BCUT2D eigenvalue weighted by Crippen LogP contribution is -2.64. The molecule has 3 N–H and O–H groups in total. The molecule has 4 nitrogen and oxygen atoms in total. The van der Waals surface area contributed by atoms with E-state index in [9.17, 15) is 9.90 Å². The van der Waals surface area contributed by atoms with E-state index in [1.165, 1.54) is 6.42 Å². The summed E-state index contributed by atoms with van der Waals surface area (Å²) >= 11 is 0. The van der Waals surface area contributed by atoms with Crippen LogP contribution in [0, 0.1) is 23.2 Å². The van der Waals surface area contributed by atoms with E-state index in [0.717, 1.165) is 45.1 Å². The number of carbonyl (C=O) groups is 1. The highest BCUT2D eigenvalue weighted by Crippen LogP contribution is 2.62. The summed E-state index contributed by atoms with van der Waals surface area (Å²) in [7, 11) is 0. The Morgan fingerprint density at radius 2 is 1.86 bits per heavy atom. The van der Waals surface area contributed by atoms with E-state index in [-0.39, 0.29) is 11.3 Å². The van der Waals surface area contributed by atoms with Crippen LogP contribution in [0.3, 0.4) is 0 Å². The predicted molar refractivity (Wildman–Crippen MR) is 85.0 cm³/mol. The van der Waals surface area contributed by atoms with Gasteiger partial charge in [0, 0.05) is 12.6 Å². The van der Waals surface area contributed by atoms with E-state index in [4.69, 9.17) is 5.73 Å². The standard InChI is InChI=1S/C18H30N2O2/c1-11-3-4-20(12(11)2)16(21)15(19)17-6-13-5-14(7-17)9-18(22,8-13)10-17/h11-15,22H,3-10,19H2,1-2H3/t11-,12-,13?,14?,15?,17?,18?/m0/s1. The van der Waals surface area contributed by atoms with Crippen molar-refractivity contribution in [3.8, 4) is 0 Å². The van der Waals surface area contributed by atoms with Crippen LogP contribution < -0.4 is 5.73 Å². The molecule has 1 heterocycles. The van der Waals surface area contributed by atoms with Gasteiger partial charge in [-0.1, -0.05) is 6.92 Å². The van der Waals surface area contributed by atoms with Crippen LogP contribution in [-0.4, -0.2) is 40.1 Å². The van der Waals surface area contributed by atoms with Crippen molar-refractivity contribution in [3.05, 3.63) is 0 Å². The van der Waals surface area contributed by atoms with Crippen LogP contribution in [0.15, 0.2) is 0 Å². The third-order valence-corrected chi connectivity index (χ3v) is 7.42. The maximum atomic E-state index is 13.0. The summed E-state index contributed by atoms with van der Waals surface area (Å²) in [6.07, 6.45) is 7.04. The number of nitrogens with two attached hydrogens (primary N) is 1. The molecule has 1 aliphatic heterocycles. The van der Waals surface area contributed by atoms with Crippen LogP contribution in [0.4, 0.5) is 0 Å². The van der Waals surface area contributed by atoms with Crippen LogP contribution in [-0.2, 0) is 4.79 Å². The Morgan fingerprint density at radius 1 is 1.23 bits per heavy atom. The number of hydrogen-bond acceptors (Lipinski definition) is 3. The third kappa shape index (κ3) is 2.06. The highest BCUT2D eigenvalue weighted by atomic mass is 16.3. The van der Waals surface area contributed by atoms with E-state index in [1.807, 2.05) is 4.90 Å². The molecule has 4 saturated carbocycles. The van der Waals surface area contributed by atoms with Gasteiger partial charge in [-0.3, -0.25) is 4.79 Å². The molecule has 5 aliphatic rings. The molecule has 0 radical (unpaired) electrons. The number of amides is 1. The van der Waals surface area contributed by atoms with Crippen molar-refractivity contribution in [2.75, 3.05) is 6.54 Å². The fraction of sp³-hybridized carbons (Fsp3) is 0.944. The molecule has 4 bridgehead atoms. The summed E-state index contributed by atoms with van der Waals surface area (Å²) in [5, 5.41) is 10.9. The first-order valence-electron chi connectivity index (χ1n) is 9.10. The summed E-state index contributed by atoms with van der Waals surface area (Å²) in [6, 6.07) is -0.117. The molecule has 3 unspecified atom stereocenters. The number of hydrogen-bond donors (Lipinski definition) is 2. The lowest BCUT2D eigenvalue weighted by atomic mass is 9.46. The predicted octanol–water partition coefficient (Wildman–Crippen LogP) is 1.90. The lowest BCUT2D eigenvalue weighted by molar-refractivity contribution is -0.177. The van der Waals surface area contributed by atoms with Gasteiger partial charge in [0.05, 0.1) is 11.6 Å². The van der Waals surface area contributed by atoms with Crippen molar-refractivity contribution in [2.24, 2.45) is 28.9 Å². The van der Waals surface area contributed by atoms with Crippen molar-refractivity contribution in [1.82, 2.24) is 4.90 Å². The minimum atomic E-state index is -0.536. The van der Waals surface area contributed by atoms with Gasteiger partial charge in [-0.15, -0.1) is 0 Å². The van der Waals surface area contributed by atoms with Crippen molar-refractivity contribution in [1.29, 1.82) is 0 Å². The maximum absolute atomic E-state index is 13.0. The number of likely N-dealkylation sites (tertiary alicyclic amines) is 1. The molecule has 1 amide bonds. The topological polar surface area (TPSA) is 66.6 Å².